The second-order valence-electron chi connectivity index (χ2n) is 11.0. The standard InChI is InChI=1S/C37H45NO8/c1-7-8-10-15-26(3)31(45-35(41)29-17-11-9-12-18-29)22-20-25(2)19-21-28(5)34(40)33-30(39)24-32(46-36(33)42)27(4)16-13-14-23-38-37(43)44-6/h7-9,11-12,14-15,17-19,21,23-24,27,31,39H,10,13,16,20,22H2,1-6H3,(H,38,43)/b8-7+,23-14+,25-19+,26-15-,28-21+/t27-,31-/m1/s1. The molecule has 0 saturated carbocycles. The second-order valence-corrected chi connectivity index (χ2v) is 11.0. The van der Waals surface area contributed by atoms with Crippen LogP contribution >= 0.6 is 0 Å². The molecule has 0 saturated heterocycles. The molecule has 0 unspecified atom stereocenters. The van der Waals surface area contributed by atoms with Gasteiger partial charge in [0.1, 0.15) is 23.2 Å². The molecule has 0 radical (unpaired) electrons. The van der Waals surface area contributed by atoms with E-state index in [-0.39, 0.29) is 17.3 Å². The highest BCUT2D eigenvalue weighted by Gasteiger charge is 2.22. The molecule has 9 nitrogen and oxygen atoms in total. The molecule has 0 aliphatic carbocycles. The van der Waals surface area contributed by atoms with Crippen LogP contribution in [0.25, 0.3) is 0 Å². The van der Waals surface area contributed by atoms with Gasteiger partial charge in [-0.15, -0.1) is 0 Å². The van der Waals surface area contributed by atoms with Gasteiger partial charge in [0.25, 0.3) is 0 Å². The lowest BCUT2D eigenvalue weighted by molar-refractivity contribution is 0.0358. The normalized spacial score (nSPS) is 13.9. The van der Waals surface area contributed by atoms with Crippen molar-refractivity contribution >= 4 is 17.8 Å². The highest BCUT2D eigenvalue weighted by molar-refractivity contribution is 6.09. The van der Waals surface area contributed by atoms with Crippen LogP contribution in [0.15, 0.2) is 105 Å². The Bertz CT molecular complexity index is 1540. The van der Waals surface area contributed by atoms with E-state index in [0.717, 1.165) is 17.6 Å². The summed E-state index contributed by atoms with van der Waals surface area (Å²) in [7, 11) is 1.27. The van der Waals surface area contributed by atoms with Gasteiger partial charge in [0, 0.05) is 18.2 Å². The monoisotopic (exact) mass is 631 g/mol. The molecule has 2 N–H and O–H groups in total. The van der Waals surface area contributed by atoms with Crippen LogP contribution in [-0.2, 0) is 9.47 Å². The van der Waals surface area contributed by atoms with Crippen LogP contribution in [0.4, 0.5) is 4.79 Å². The summed E-state index contributed by atoms with van der Waals surface area (Å²) < 4.78 is 15.8. The largest absolute Gasteiger partial charge is 0.507 e. The number of methoxy groups -OCH3 is 1. The highest BCUT2D eigenvalue weighted by atomic mass is 16.5. The van der Waals surface area contributed by atoms with Crippen LogP contribution in [0, 0.1) is 0 Å². The smallest absolute Gasteiger partial charge is 0.410 e. The van der Waals surface area contributed by atoms with Crippen molar-refractivity contribution in [2.75, 3.05) is 7.11 Å². The molecule has 246 valence electrons. The van der Waals surface area contributed by atoms with Crippen LogP contribution in [0.3, 0.4) is 0 Å². The summed E-state index contributed by atoms with van der Waals surface area (Å²) >= 11 is 0. The average Bonchev–Trinajstić information content (AvgIpc) is 3.04. The third kappa shape index (κ3) is 12.2. The molecule has 9 heteroatoms. The second kappa shape index (κ2) is 19.5. The van der Waals surface area contributed by atoms with Crippen molar-refractivity contribution in [3.05, 3.63) is 123 Å². The topological polar surface area (TPSA) is 132 Å². The van der Waals surface area contributed by atoms with Crippen molar-refractivity contribution < 1.29 is 33.4 Å². The van der Waals surface area contributed by atoms with Gasteiger partial charge in [0.2, 0.25) is 0 Å². The molecule has 1 heterocycles. The quantitative estimate of drug-likeness (QED) is 0.0625. The first-order chi connectivity index (χ1) is 22.0. The van der Waals surface area contributed by atoms with E-state index < -0.39 is 40.9 Å². The fourth-order valence-electron chi connectivity index (χ4n) is 4.36. The van der Waals surface area contributed by atoms with Crippen LogP contribution < -0.4 is 10.9 Å². The first-order valence-electron chi connectivity index (χ1n) is 15.3. The number of esters is 1. The summed E-state index contributed by atoms with van der Waals surface area (Å²) in [5.74, 6) is -1.45. The number of ether oxygens (including phenoxy) is 2. The lowest BCUT2D eigenvalue weighted by atomic mass is 9.99. The van der Waals surface area contributed by atoms with E-state index in [0.29, 0.717) is 31.2 Å². The van der Waals surface area contributed by atoms with Crippen molar-refractivity contribution in [1.29, 1.82) is 0 Å². The summed E-state index contributed by atoms with van der Waals surface area (Å²) in [6.07, 6.45) is 14.6. The number of hydrogen-bond acceptors (Lipinski definition) is 8. The number of alkyl carbamates (subject to hydrolysis) is 1. The number of nitrogens with one attached hydrogen (secondary N) is 1. The fraction of sp³-hybridized carbons (Fsp3) is 0.351. The summed E-state index contributed by atoms with van der Waals surface area (Å²) in [6.45, 7) is 9.19. The number of carbonyl (C=O) groups excluding carboxylic acids is 3. The van der Waals surface area contributed by atoms with E-state index in [9.17, 15) is 24.3 Å². The Balaban J connectivity index is 2.10. The van der Waals surface area contributed by atoms with Gasteiger partial charge in [-0.1, -0.05) is 67.2 Å². The molecule has 2 rings (SSSR count). The minimum absolute atomic E-state index is 0.231. The molecule has 2 atom stereocenters. The molecule has 0 aliphatic rings. The number of ketones is 1. The van der Waals surface area contributed by atoms with E-state index in [2.05, 4.69) is 10.1 Å². The Morgan fingerprint density at radius 2 is 1.76 bits per heavy atom. The zero-order valence-electron chi connectivity index (χ0n) is 27.5. The van der Waals surface area contributed by atoms with Crippen molar-refractivity contribution in [3.63, 3.8) is 0 Å². The Kier molecular flexibility index (Phi) is 15.8. The molecule has 0 aliphatic heterocycles. The van der Waals surface area contributed by atoms with Gasteiger partial charge in [0.15, 0.2) is 5.78 Å². The van der Waals surface area contributed by atoms with Crippen LogP contribution in [0.1, 0.15) is 99.1 Å². The lowest BCUT2D eigenvalue weighted by Crippen LogP contribution is -2.20. The third-order valence-corrected chi connectivity index (χ3v) is 7.29. The number of hydrogen-bond donors (Lipinski definition) is 2. The molecule has 0 bridgehead atoms. The number of Topliss-reactive ketones (excluding diaryl/α,β-unsaturated/α-hetero) is 1. The van der Waals surface area contributed by atoms with E-state index in [1.807, 2.05) is 52.0 Å². The Labute approximate surface area is 271 Å². The summed E-state index contributed by atoms with van der Waals surface area (Å²) in [4.78, 5) is 49.7. The van der Waals surface area contributed by atoms with Gasteiger partial charge in [-0.05, 0) is 83.1 Å². The molecule has 0 fully saturated rings. The molecular weight excluding hydrogens is 586 g/mol. The van der Waals surface area contributed by atoms with Crippen molar-refractivity contribution in [3.8, 4) is 5.75 Å². The average molecular weight is 632 g/mol. The third-order valence-electron chi connectivity index (χ3n) is 7.29. The van der Waals surface area contributed by atoms with Crippen molar-refractivity contribution in [2.45, 2.75) is 78.7 Å². The maximum atomic E-state index is 13.1. The van der Waals surface area contributed by atoms with Crippen LogP contribution in [-0.4, -0.2) is 36.2 Å². The number of rotatable bonds is 16. The minimum Gasteiger partial charge on any atom is -0.507 e. The molecule has 2 aromatic rings. The molecule has 1 aromatic heterocycles. The van der Waals surface area contributed by atoms with Crippen LogP contribution in [0.5, 0.6) is 5.75 Å². The van der Waals surface area contributed by atoms with Gasteiger partial charge in [-0.2, -0.15) is 0 Å². The molecule has 1 aromatic carbocycles. The van der Waals surface area contributed by atoms with E-state index in [1.165, 1.54) is 19.4 Å². The SMILES string of the molecule is C/C=C/C/C=C(/C)[C@@H](CC/C(C)=C/C=C(\C)C(=O)c1c(O)cc([C@H](C)CC/C=C/NC(=O)OC)oc1=O)OC(=O)c1ccccc1. The summed E-state index contributed by atoms with van der Waals surface area (Å²) in [6, 6.07) is 10.1. The van der Waals surface area contributed by atoms with Gasteiger partial charge < -0.3 is 19.0 Å². The Morgan fingerprint density at radius 1 is 1.04 bits per heavy atom. The van der Waals surface area contributed by atoms with Gasteiger partial charge in [0.05, 0.1) is 12.7 Å². The number of carbonyl (C=O) groups is 3. The molecule has 1 amide bonds. The first-order valence-corrected chi connectivity index (χ1v) is 15.3. The summed E-state index contributed by atoms with van der Waals surface area (Å²) in [5.41, 5.74) is 1.28. The van der Waals surface area contributed by atoms with E-state index in [4.69, 9.17) is 9.15 Å². The number of allylic oxidation sites excluding steroid dienone is 8. The fourth-order valence-corrected chi connectivity index (χ4v) is 4.36. The van der Waals surface area contributed by atoms with E-state index >= 15 is 0 Å². The number of benzene rings is 1. The summed E-state index contributed by atoms with van der Waals surface area (Å²) in [5, 5.41) is 13.0. The number of amides is 1. The maximum Gasteiger partial charge on any atom is 0.410 e. The zero-order chi connectivity index (χ0) is 34.1. The zero-order valence-corrected chi connectivity index (χ0v) is 27.5. The Hall–Kier alpha value is -4.92. The van der Waals surface area contributed by atoms with Gasteiger partial charge in [-0.3, -0.25) is 10.1 Å². The van der Waals surface area contributed by atoms with Gasteiger partial charge >= 0.3 is 17.7 Å². The first kappa shape index (κ1) is 37.3. The lowest BCUT2D eigenvalue weighted by Gasteiger charge is -2.19. The predicted octanol–water partition coefficient (Wildman–Crippen LogP) is 8.09. The van der Waals surface area contributed by atoms with Crippen LogP contribution in [0.2, 0.25) is 0 Å². The molecule has 0 spiro atoms. The Morgan fingerprint density at radius 3 is 2.41 bits per heavy atom. The molecule has 46 heavy (non-hydrogen) atoms. The van der Waals surface area contributed by atoms with Gasteiger partial charge in [-0.25, -0.2) is 14.4 Å². The predicted molar refractivity (Wildman–Crippen MR) is 179 cm³/mol. The van der Waals surface area contributed by atoms with E-state index in [1.54, 1.807) is 49.4 Å². The maximum absolute atomic E-state index is 13.1. The molecular formula is C37H45NO8. The van der Waals surface area contributed by atoms with Crippen molar-refractivity contribution in [2.24, 2.45) is 0 Å². The minimum atomic E-state index is -0.911. The highest BCUT2D eigenvalue weighted by Crippen LogP contribution is 2.26. The van der Waals surface area contributed by atoms with Crippen molar-refractivity contribution in [1.82, 2.24) is 5.32 Å². The number of aromatic hydroxyl groups is 1.